The van der Waals surface area contributed by atoms with Gasteiger partial charge in [-0.1, -0.05) is 0 Å². The molecule has 1 N–H and O–H groups in total. The van der Waals surface area contributed by atoms with Crippen molar-refractivity contribution in [2.24, 2.45) is 0 Å². The van der Waals surface area contributed by atoms with E-state index >= 15 is 0 Å². The van der Waals surface area contributed by atoms with Crippen molar-refractivity contribution in [2.45, 2.75) is 6.92 Å². The largest absolute Gasteiger partial charge is 0.493 e. The monoisotopic (exact) mass is 108 g/mol. The second-order valence-corrected chi connectivity index (χ2v) is 1.61. The lowest BCUT2D eigenvalue weighted by molar-refractivity contribution is 0.452. The van der Waals surface area contributed by atoms with Gasteiger partial charge in [-0.05, 0) is 18.6 Å². The lowest BCUT2D eigenvalue weighted by atomic mass is 10.3. The normalized spacial score (nSPS) is 9.12. The molecule has 0 bridgehead atoms. The first-order valence-corrected chi connectivity index (χ1v) is 2.32. The summed E-state index contributed by atoms with van der Waals surface area (Å²) in [6, 6.07) is 4.23. The average molecular weight is 108 g/mol. The second kappa shape index (κ2) is 1.82. The Hall–Kier alpha value is -1.05. The minimum atomic E-state index is -0.0457. The van der Waals surface area contributed by atoms with Crippen LogP contribution in [0.25, 0.3) is 0 Å². The Bertz CT molecular complexity index is 147. The highest BCUT2D eigenvalue weighted by Gasteiger charge is 1.84. The van der Waals surface area contributed by atoms with Crippen molar-refractivity contribution in [1.82, 2.24) is 4.98 Å². The van der Waals surface area contributed by atoms with Crippen molar-refractivity contribution < 1.29 is 5.11 Å². The number of pyridine rings is 1. The molecule has 0 aliphatic rings. The summed E-state index contributed by atoms with van der Waals surface area (Å²) in [5.41, 5.74) is 1.00. The van der Waals surface area contributed by atoms with Gasteiger partial charge in [0.25, 0.3) is 0 Å². The van der Waals surface area contributed by atoms with Gasteiger partial charge in [0.2, 0.25) is 5.88 Å². The number of nitrogens with zero attached hydrogens (tertiary/aromatic N) is 1. The Kier molecular flexibility index (Phi) is 1.16. The van der Waals surface area contributed by atoms with Gasteiger partial charge in [0, 0.05) is 12.3 Å². The fraction of sp³-hybridized carbons (Fsp3) is 0.167. The van der Waals surface area contributed by atoms with Crippen LogP contribution in [0.2, 0.25) is 0 Å². The predicted molar refractivity (Wildman–Crippen MR) is 29.5 cm³/mol. The third kappa shape index (κ3) is 0.964. The van der Waals surface area contributed by atoms with E-state index in [0.717, 1.165) is 5.56 Å². The molecule has 0 saturated heterocycles. The summed E-state index contributed by atoms with van der Waals surface area (Å²) in [6.07, 6.45) is 1.59. The van der Waals surface area contributed by atoms with E-state index in [2.05, 4.69) is 11.1 Å². The van der Waals surface area contributed by atoms with E-state index in [1.54, 1.807) is 12.3 Å². The van der Waals surface area contributed by atoms with Crippen LogP contribution in [-0.2, 0) is 0 Å². The first kappa shape index (κ1) is 5.09. The molecule has 0 aromatic carbocycles. The topological polar surface area (TPSA) is 33.1 Å². The zero-order valence-corrected chi connectivity index (χ0v) is 4.55. The second-order valence-electron chi connectivity index (χ2n) is 1.61. The lowest BCUT2D eigenvalue weighted by Gasteiger charge is -1.87. The zero-order valence-electron chi connectivity index (χ0n) is 4.55. The Labute approximate surface area is 47.8 Å². The minimum absolute atomic E-state index is 0.0457. The SMILES string of the molecule is Cc1c[c]c(O)nc1. The van der Waals surface area contributed by atoms with Crippen molar-refractivity contribution in [3.8, 4) is 5.88 Å². The molecule has 2 heteroatoms. The maximum absolute atomic E-state index is 8.59. The molecule has 1 aromatic heterocycles. The molecule has 1 heterocycles. The summed E-state index contributed by atoms with van der Waals surface area (Å²) in [5.74, 6) is -0.0457. The fourth-order valence-corrected chi connectivity index (χ4v) is 0.416. The van der Waals surface area contributed by atoms with Gasteiger partial charge in [0.1, 0.15) is 0 Å². The third-order valence-electron chi connectivity index (χ3n) is 0.819. The maximum Gasteiger partial charge on any atom is 0.219 e. The molecule has 0 aliphatic carbocycles. The van der Waals surface area contributed by atoms with Gasteiger partial charge >= 0.3 is 0 Å². The van der Waals surface area contributed by atoms with Crippen LogP contribution in [0.4, 0.5) is 0 Å². The molecule has 41 valence electrons. The molecular weight excluding hydrogens is 102 g/mol. The van der Waals surface area contributed by atoms with Crippen LogP contribution in [-0.4, -0.2) is 10.1 Å². The number of aromatic hydroxyl groups is 1. The van der Waals surface area contributed by atoms with Gasteiger partial charge < -0.3 is 5.11 Å². The molecule has 0 fully saturated rings. The summed E-state index contributed by atoms with van der Waals surface area (Å²) in [4.78, 5) is 3.58. The standard InChI is InChI=1S/C6H6NO/c1-5-2-3-6(8)7-4-5/h2,4H,1H3,(H,7,8). The van der Waals surface area contributed by atoms with Crippen LogP contribution in [0.1, 0.15) is 5.56 Å². The third-order valence-corrected chi connectivity index (χ3v) is 0.819. The number of aromatic nitrogens is 1. The smallest absolute Gasteiger partial charge is 0.219 e. The van der Waals surface area contributed by atoms with Crippen molar-refractivity contribution in [1.29, 1.82) is 0 Å². The molecule has 0 amide bonds. The van der Waals surface area contributed by atoms with Crippen LogP contribution < -0.4 is 0 Å². The highest BCUT2D eigenvalue weighted by Crippen LogP contribution is 2.00. The Balaban J connectivity index is 3.03. The summed E-state index contributed by atoms with van der Waals surface area (Å²) < 4.78 is 0. The number of aryl methyl sites for hydroxylation is 1. The predicted octanol–water partition coefficient (Wildman–Crippen LogP) is 0.896. The summed E-state index contributed by atoms with van der Waals surface area (Å²) in [7, 11) is 0. The highest BCUT2D eigenvalue weighted by atomic mass is 16.3. The Morgan fingerprint density at radius 2 is 2.50 bits per heavy atom. The molecule has 1 aromatic rings. The van der Waals surface area contributed by atoms with E-state index in [-0.39, 0.29) is 5.88 Å². The van der Waals surface area contributed by atoms with Crippen LogP contribution in [0.5, 0.6) is 5.88 Å². The Morgan fingerprint density at radius 3 is 2.88 bits per heavy atom. The zero-order chi connectivity index (χ0) is 5.98. The molecule has 0 aliphatic heterocycles. The van der Waals surface area contributed by atoms with E-state index in [1.807, 2.05) is 6.92 Å². The fourth-order valence-electron chi connectivity index (χ4n) is 0.416. The van der Waals surface area contributed by atoms with E-state index < -0.39 is 0 Å². The molecule has 0 spiro atoms. The molecule has 0 atom stereocenters. The van der Waals surface area contributed by atoms with Crippen molar-refractivity contribution in [3.63, 3.8) is 0 Å². The average Bonchev–Trinajstić information content (AvgIpc) is 1.77. The number of hydrogen-bond acceptors (Lipinski definition) is 2. The van der Waals surface area contributed by atoms with Crippen molar-refractivity contribution in [2.75, 3.05) is 0 Å². The molecule has 2 nitrogen and oxygen atoms in total. The van der Waals surface area contributed by atoms with Crippen LogP contribution in [0, 0.1) is 13.0 Å². The Morgan fingerprint density at radius 1 is 1.75 bits per heavy atom. The lowest BCUT2D eigenvalue weighted by Crippen LogP contribution is -1.74. The van der Waals surface area contributed by atoms with Gasteiger partial charge in [0.15, 0.2) is 0 Å². The maximum atomic E-state index is 8.59. The van der Waals surface area contributed by atoms with E-state index in [1.165, 1.54) is 0 Å². The van der Waals surface area contributed by atoms with Crippen molar-refractivity contribution >= 4 is 0 Å². The summed E-state index contributed by atoms with van der Waals surface area (Å²) >= 11 is 0. The van der Waals surface area contributed by atoms with Gasteiger partial charge in [-0.25, -0.2) is 4.98 Å². The quantitative estimate of drug-likeness (QED) is 0.535. The first-order chi connectivity index (χ1) is 3.79. The highest BCUT2D eigenvalue weighted by molar-refractivity contribution is 5.12. The van der Waals surface area contributed by atoms with Crippen LogP contribution in [0.3, 0.4) is 0 Å². The van der Waals surface area contributed by atoms with Gasteiger partial charge in [0.05, 0.1) is 0 Å². The molecule has 1 rings (SSSR count). The van der Waals surface area contributed by atoms with Gasteiger partial charge in [-0.15, -0.1) is 0 Å². The number of rotatable bonds is 0. The molecule has 8 heavy (non-hydrogen) atoms. The van der Waals surface area contributed by atoms with Gasteiger partial charge in [-0.3, -0.25) is 0 Å². The summed E-state index contributed by atoms with van der Waals surface area (Å²) in [6.45, 7) is 1.89. The molecular formula is C6H6NO. The van der Waals surface area contributed by atoms with Crippen LogP contribution in [0.15, 0.2) is 12.3 Å². The molecule has 0 saturated carbocycles. The minimum Gasteiger partial charge on any atom is -0.493 e. The first-order valence-electron chi connectivity index (χ1n) is 2.32. The number of hydrogen-bond donors (Lipinski definition) is 1. The van der Waals surface area contributed by atoms with E-state index in [4.69, 9.17) is 5.11 Å². The van der Waals surface area contributed by atoms with Crippen molar-refractivity contribution in [3.05, 3.63) is 23.9 Å². The molecule has 0 unspecified atom stereocenters. The summed E-state index contributed by atoms with van der Waals surface area (Å²) in [5, 5.41) is 8.59. The van der Waals surface area contributed by atoms with E-state index in [9.17, 15) is 0 Å². The molecule has 1 radical (unpaired) electrons. The van der Waals surface area contributed by atoms with Gasteiger partial charge in [-0.2, -0.15) is 0 Å². The van der Waals surface area contributed by atoms with E-state index in [0.29, 0.717) is 0 Å². The van der Waals surface area contributed by atoms with Crippen LogP contribution >= 0.6 is 0 Å².